The van der Waals surface area contributed by atoms with Gasteiger partial charge in [-0.25, -0.2) is 0 Å². The lowest BCUT2D eigenvalue weighted by atomic mass is 10.2. The summed E-state index contributed by atoms with van der Waals surface area (Å²) in [7, 11) is 1.70. The number of ether oxygens (including phenoxy) is 1. The highest BCUT2D eigenvalue weighted by Crippen LogP contribution is 2.08. The summed E-state index contributed by atoms with van der Waals surface area (Å²) in [5.74, 6) is -0.0615. The highest BCUT2D eigenvalue weighted by atomic mass is 16.5. The van der Waals surface area contributed by atoms with Gasteiger partial charge >= 0.3 is 0 Å². The topological polar surface area (TPSA) is 67.6 Å². The van der Waals surface area contributed by atoms with Crippen molar-refractivity contribution in [3.8, 4) is 0 Å². The molecule has 15 heavy (non-hydrogen) atoms. The normalized spacial score (nSPS) is 24.1. The number of amides is 1. The van der Waals surface area contributed by atoms with Gasteiger partial charge < -0.3 is 15.8 Å². The standard InChI is InChI=1S/C10H21N3O2/c1-8(11)10(14)12-9-3-4-13(7-9)5-6-15-2/h8-9H,3-7,11H2,1-2H3,(H,12,14)/t8-,9?/m1/s1. The first-order chi connectivity index (χ1) is 7.13. The molecule has 0 bridgehead atoms. The van der Waals surface area contributed by atoms with Crippen LogP contribution < -0.4 is 11.1 Å². The average molecular weight is 215 g/mol. The molecule has 0 spiro atoms. The van der Waals surface area contributed by atoms with Crippen LogP contribution in [0.3, 0.4) is 0 Å². The van der Waals surface area contributed by atoms with E-state index in [1.807, 2.05) is 0 Å². The molecule has 1 heterocycles. The summed E-state index contributed by atoms with van der Waals surface area (Å²) in [4.78, 5) is 13.6. The Bertz CT molecular complexity index is 209. The predicted molar refractivity (Wildman–Crippen MR) is 58.5 cm³/mol. The summed E-state index contributed by atoms with van der Waals surface area (Å²) in [6.07, 6.45) is 1.00. The van der Waals surface area contributed by atoms with Crippen LogP contribution in [0.5, 0.6) is 0 Å². The van der Waals surface area contributed by atoms with E-state index in [1.54, 1.807) is 14.0 Å². The second kappa shape index (κ2) is 6.05. The molecule has 3 N–H and O–H groups in total. The zero-order valence-electron chi connectivity index (χ0n) is 9.53. The van der Waals surface area contributed by atoms with E-state index < -0.39 is 6.04 Å². The van der Waals surface area contributed by atoms with Crippen LogP contribution in [0.25, 0.3) is 0 Å². The quantitative estimate of drug-likeness (QED) is 0.628. The van der Waals surface area contributed by atoms with Crippen LogP contribution in [-0.4, -0.2) is 56.2 Å². The van der Waals surface area contributed by atoms with Crippen molar-refractivity contribution in [2.24, 2.45) is 5.73 Å². The number of hydrogen-bond acceptors (Lipinski definition) is 4. The van der Waals surface area contributed by atoms with Crippen molar-refractivity contribution in [2.75, 3.05) is 33.4 Å². The van der Waals surface area contributed by atoms with E-state index in [0.29, 0.717) is 0 Å². The Morgan fingerprint density at radius 1 is 1.73 bits per heavy atom. The van der Waals surface area contributed by atoms with Crippen LogP contribution in [0, 0.1) is 0 Å². The molecule has 88 valence electrons. The lowest BCUT2D eigenvalue weighted by molar-refractivity contribution is -0.122. The van der Waals surface area contributed by atoms with Crippen molar-refractivity contribution < 1.29 is 9.53 Å². The fraction of sp³-hybridized carbons (Fsp3) is 0.900. The van der Waals surface area contributed by atoms with Gasteiger partial charge in [-0.2, -0.15) is 0 Å². The van der Waals surface area contributed by atoms with Gasteiger partial charge in [-0.1, -0.05) is 0 Å². The molecule has 0 aromatic rings. The SMILES string of the molecule is COCCN1CCC(NC(=O)[C@@H](C)N)C1. The summed E-state index contributed by atoms with van der Waals surface area (Å²) < 4.78 is 5.01. The zero-order valence-corrected chi connectivity index (χ0v) is 9.53. The van der Waals surface area contributed by atoms with Crippen molar-refractivity contribution in [1.29, 1.82) is 0 Å². The Balaban J connectivity index is 2.21. The van der Waals surface area contributed by atoms with E-state index in [9.17, 15) is 4.79 Å². The van der Waals surface area contributed by atoms with Crippen molar-refractivity contribution in [3.63, 3.8) is 0 Å². The van der Waals surface area contributed by atoms with E-state index in [0.717, 1.165) is 32.7 Å². The largest absolute Gasteiger partial charge is 0.383 e. The van der Waals surface area contributed by atoms with Crippen molar-refractivity contribution >= 4 is 5.91 Å². The number of methoxy groups -OCH3 is 1. The maximum Gasteiger partial charge on any atom is 0.236 e. The molecule has 1 saturated heterocycles. The summed E-state index contributed by atoms with van der Waals surface area (Å²) in [5, 5.41) is 2.94. The molecular formula is C10H21N3O2. The predicted octanol–water partition coefficient (Wildman–Crippen LogP) is -0.829. The van der Waals surface area contributed by atoms with Gasteiger partial charge in [0.1, 0.15) is 0 Å². The molecular weight excluding hydrogens is 194 g/mol. The Hall–Kier alpha value is -0.650. The number of nitrogens with zero attached hydrogens (tertiary/aromatic N) is 1. The maximum atomic E-state index is 11.3. The summed E-state index contributed by atoms with van der Waals surface area (Å²) >= 11 is 0. The monoisotopic (exact) mass is 215 g/mol. The smallest absolute Gasteiger partial charge is 0.236 e. The van der Waals surface area contributed by atoms with Gasteiger partial charge in [-0.3, -0.25) is 9.69 Å². The summed E-state index contributed by atoms with van der Waals surface area (Å²) in [6, 6.07) is -0.168. The third kappa shape index (κ3) is 4.15. The van der Waals surface area contributed by atoms with Gasteiger partial charge in [0.05, 0.1) is 12.6 Å². The maximum absolute atomic E-state index is 11.3. The van der Waals surface area contributed by atoms with Crippen LogP contribution in [-0.2, 0) is 9.53 Å². The highest BCUT2D eigenvalue weighted by molar-refractivity contribution is 5.81. The third-order valence-electron chi connectivity index (χ3n) is 2.64. The molecule has 0 radical (unpaired) electrons. The molecule has 5 nitrogen and oxygen atoms in total. The zero-order chi connectivity index (χ0) is 11.3. The molecule has 5 heteroatoms. The molecule has 0 aliphatic carbocycles. The first kappa shape index (κ1) is 12.4. The van der Waals surface area contributed by atoms with Crippen LogP contribution in [0.15, 0.2) is 0 Å². The van der Waals surface area contributed by atoms with E-state index in [4.69, 9.17) is 10.5 Å². The van der Waals surface area contributed by atoms with E-state index in [-0.39, 0.29) is 11.9 Å². The molecule has 1 aliphatic heterocycles. The molecule has 0 aromatic carbocycles. The Morgan fingerprint density at radius 3 is 3.07 bits per heavy atom. The fourth-order valence-corrected chi connectivity index (χ4v) is 1.71. The summed E-state index contributed by atoms with van der Waals surface area (Å²) in [5.41, 5.74) is 5.48. The first-order valence-corrected chi connectivity index (χ1v) is 5.40. The van der Waals surface area contributed by atoms with Crippen molar-refractivity contribution in [2.45, 2.75) is 25.4 Å². The molecule has 2 atom stereocenters. The number of carbonyl (C=O) groups is 1. The Labute approximate surface area is 90.9 Å². The summed E-state index contributed by atoms with van der Waals surface area (Å²) in [6.45, 7) is 5.30. The number of likely N-dealkylation sites (tertiary alicyclic amines) is 1. The van der Waals surface area contributed by atoms with E-state index >= 15 is 0 Å². The number of rotatable bonds is 5. The Morgan fingerprint density at radius 2 is 2.47 bits per heavy atom. The third-order valence-corrected chi connectivity index (χ3v) is 2.64. The first-order valence-electron chi connectivity index (χ1n) is 5.40. The van der Waals surface area contributed by atoms with Gasteiger partial charge in [0.25, 0.3) is 0 Å². The minimum atomic E-state index is -0.418. The number of nitrogens with one attached hydrogen (secondary N) is 1. The molecule has 1 aliphatic rings. The van der Waals surface area contributed by atoms with Crippen LogP contribution in [0.4, 0.5) is 0 Å². The van der Waals surface area contributed by atoms with Gasteiger partial charge in [-0.05, 0) is 13.3 Å². The van der Waals surface area contributed by atoms with Crippen molar-refractivity contribution in [3.05, 3.63) is 0 Å². The van der Waals surface area contributed by atoms with Gasteiger partial charge in [0.15, 0.2) is 0 Å². The van der Waals surface area contributed by atoms with Gasteiger partial charge in [0, 0.05) is 32.8 Å². The van der Waals surface area contributed by atoms with Crippen molar-refractivity contribution in [1.82, 2.24) is 10.2 Å². The number of hydrogen-bond donors (Lipinski definition) is 2. The molecule has 0 aromatic heterocycles. The van der Waals surface area contributed by atoms with Crippen LogP contribution >= 0.6 is 0 Å². The molecule has 1 unspecified atom stereocenters. The minimum Gasteiger partial charge on any atom is -0.383 e. The fourth-order valence-electron chi connectivity index (χ4n) is 1.71. The molecule has 1 amide bonds. The average Bonchev–Trinajstić information content (AvgIpc) is 2.62. The molecule has 1 fully saturated rings. The van der Waals surface area contributed by atoms with Crippen LogP contribution in [0.2, 0.25) is 0 Å². The minimum absolute atomic E-state index is 0.0615. The van der Waals surface area contributed by atoms with E-state index in [2.05, 4.69) is 10.2 Å². The number of nitrogens with two attached hydrogens (primary N) is 1. The van der Waals surface area contributed by atoms with Gasteiger partial charge in [-0.15, -0.1) is 0 Å². The molecule has 0 saturated carbocycles. The second-order valence-corrected chi connectivity index (χ2v) is 4.08. The highest BCUT2D eigenvalue weighted by Gasteiger charge is 2.24. The van der Waals surface area contributed by atoms with Crippen LogP contribution in [0.1, 0.15) is 13.3 Å². The van der Waals surface area contributed by atoms with Gasteiger partial charge in [0.2, 0.25) is 5.91 Å². The second-order valence-electron chi connectivity index (χ2n) is 4.08. The Kier molecular flexibility index (Phi) is 5.01. The van der Waals surface area contributed by atoms with E-state index in [1.165, 1.54) is 0 Å². The lowest BCUT2D eigenvalue weighted by Crippen LogP contribution is -2.45. The lowest BCUT2D eigenvalue weighted by Gasteiger charge is -2.16. The molecule has 1 rings (SSSR count). The number of carbonyl (C=O) groups excluding carboxylic acids is 1.